The largest absolute Gasteiger partial charge is 0.447 e. The number of fused-ring (bicyclic) bond motifs is 1. The van der Waals surface area contributed by atoms with Gasteiger partial charge in [-0.15, -0.1) is 11.3 Å². The van der Waals surface area contributed by atoms with Gasteiger partial charge in [-0.25, -0.2) is 4.98 Å². The average Bonchev–Trinajstić information content (AvgIpc) is 3.42. The fraction of sp³-hybridized carbons (Fsp3) is 0.286. The van der Waals surface area contributed by atoms with E-state index in [0.717, 1.165) is 27.4 Å². The maximum atomic E-state index is 12.5. The van der Waals surface area contributed by atoms with E-state index in [1.165, 1.54) is 11.8 Å². The van der Waals surface area contributed by atoms with Crippen LogP contribution in [0.5, 0.6) is 0 Å². The SMILES string of the molecule is O=C(CCSc1nc2ccccc2s1)O[C@@H](C(=O)NC1CC1)c1ccccc1. The molecule has 1 fully saturated rings. The summed E-state index contributed by atoms with van der Waals surface area (Å²) in [5, 5.41) is 2.92. The molecule has 1 saturated carbocycles. The normalized spacial score (nSPS) is 14.6. The summed E-state index contributed by atoms with van der Waals surface area (Å²) in [5.41, 5.74) is 1.66. The Morgan fingerprint density at radius 3 is 2.64 bits per heavy atom. The molecule has 0 unspecified atom stereocenters. The van der Waals surface area contributed by atoms with E-state index < -0.39 is 6.10 Å². The van der Waals surface area contributed by atoms with Crippen molar-refractivity contribution in [2.24, 2.45) is 0 Å². The minimum absolute atomic E-state index is 0.215. The topological polar surface area (TPSA) is 68.3 Å². The molecule has 3 aromatic rings. The van der Waals surface area contributed by atoms with Crippen LogP contribution in [0.15, 0.2) is 58.9 Å². The number of esters is 1. The summed E-state index contributed by atoms with van der Waals surface area (Å²) < 4.78 is 7.61. The van der Waals surface area contributed by atoms with Gasteiger partial charge in [-0.2, -0.15) is 0 Å². The molecule has 1 N–H and O–H groups in total. The first kappa shape index (κ1) is 19.0. The standard InChI is InChI=1S/C21H20N2O3S2/c24-18(12-13-27-21-23-16-8-4-5-9-17(16)28-21)26-19(14-6-2-1-3-7-14)20(25)22-15-10-11-15/h1-9,15,19H,10-13H2,(H,22,25)/t19-/m1/s1. The van der Waals surface area contributed by atoms with Crippen LogP contribution in [0.2, 0.25) is 0 Å². The van der Waals surface area contributed by atoms with E-state index >= 15 is 0 Å². The average molecular weight is 413 g/mol. The highest BCUT2D eigenvalue weighted by atomic mass is 32.2. The molecule has 7 heteroatoms. The number of hydrogen-bond acceptors (Lipinski definition) is 6. The molecule has 144 valence electrons. The summed E-state index contributed by atoms with van der Waals surface area (Å²) in [6, 6.07) is 17.3. The maximum Gasteiger partial charge on any atom is 0.307 e. The lowest BCUT2D eigenvalue weighted by molar-refractivity contribution is -0.156. The minimum Gasteiger partial charge on any atom is -0.447 e. The van der Waals surface area contributed by atoms with Crippen LogP contribution in [0.3, 0.4) is 0 Å². The van der Waals surface area contributed by atoms with Crippen LogP contribution < -0.4 is 5.32 Å². The number of aromatic nitrogens is 1. The third-order valence-electron chi connectivity index (χ3n) is 4.32. The van der Waals surface area contributed by atoms with E-state index in [1.807, 2.05) is 42.5 Å². The number of benzene rings is 2. The summed E-state index contributed by atoms with van der Waals surface area (Å²) >= 11 is 3.15. The summed E-state index contributed by atoms with van der Waals surface area (Å²) in [5.74, 6) is -0.0704. The Balaban J connectivity index is 1.33. The molecule has 0 spiro atoms. The fourth-order valence-corrected chi connectivity index (χ4v) is 4.79. The molecule has 0 aliphatic heterocycles. The van der Waals surface area contributed by atoms with E-state index in [2.05, 4.69) is 10.3 Å². The lowest BCUT2D eigenvalue weighted by Crippen LogP contribution is -2.33. The van der Waals surface area contributed by atoms with Gasteiger partial charge in [0.15, 0.2) is 4.34 Å². The van der Waals surface area contributed by atoms with Crippen LogP contribution in [-0.2, 0) is 14.3 Å². The fourth-order valence-electron chi connectivity index (χ4n) is 2.73. The molecular weight excluding hydrogens is 392 g/mol. The van der Waals surface area contributed by atoms with Gasteiger partial charge >= 0.3 is 5.97 Å². The van der Waals surface area contributed by atoms with Crippen molar-refractivity contribution in [3.63, 3.8) is 0 Å². The van der Waals surface area contributed by atoms with Crippen molar-refractivity contribution in [2.45, 2.75) is 35.7 Å². The first-order valence-electron chi connectivity index (χ1n) is 9.22. The lowest BCUT2D eigenvalue weighted by Gasteiger charge is -2.18. The molecule has 1 atom stereocenters. The molecule has 0 saturated heterocycles. The van der Waals surface area contributed by atoms with Gasteiger partial charge in [-0.05, 0) is 25.0 Å². The minimum atomic E-state index is -0.901. The molecule has 0 radical (unpaired) electrons. The number of carbonyl (C=O) groups excluding carboxylic acids is 2. The Morgan fingerprint density at radius 2 is 1.89 bits per heavy atom. The molecule has 1 heterocycles. The van der Waals surface area contributed by atoms with Gasteiger partial charge in [-0.1, -0.05) is 54.2 Å². The molecule has 1 amide bonds. The Hall–Kier alpha value is -2.38. The Morgan fingerprint density at radius 1 is 1.14 bits per heavy atom. The van der Waals surface area contributed by atoms with Gasteiger partial charge in [-0.3, -0.25) is 9.59 Å². The summed E-state index contributed by atoms with van der Waals surface area (Å²) in [6.45, 7) is 0. The predicted octanol–water partition coefficient (Wildman–Crippen LogP) is 4.34. The smallest absolute Gasteiger partial charge is 0.307 e. The van der Waals surface area contributed by atoms with Gasteiger partial charge < -0.3 is 10.1 Å². The number of nitrogens with zero attached hydrogens (tertiary/aromatic N) is 1. The van der Waals surface area contributed by atoms with Crippen molar-refractivity contribution < 1.29 is 14.3 Å². The second kappa shape index (κ2) is 8.75. The van der Waals surface area contributed by atoms with Gasteiger partial charge in [0, 0.05) is 17.4 Å². The third kappa shape index (κ3) is 4.91. The number of amides is 1. The van der Waals surface area contributed by atoms with Crippen molar-refractivity contribution in [1.82, 2.24) is 10.3 Å². The van der Waals surface area contributed by atoms with E-state index in [-0.39, 0.29) is 24.3 Å². The second-order valence-corrected chi connectivity index (χ2v) is 8.98. The van der Waals surface area contributed by atoms with Crippen LogP contribution in [0.4, 0.5) is 0 Å². The first-order valence-corrected chi connectivity index (χ1v) is 11.0. The number of thioether (sulfide) groups is 1. The number of thiazole rings is 1. The molecule has 1 aromatic heterocycles. The van der Waals surface area contributed by atoms with Gasteiger partial charge in [0.25, 0.3) is 5.91 Å². The van der Waals surface area contributed by atoms with Crippen LogP contribution in [0.25, 0.3) is 10.2 Å². The molecule has 2 aromatic carbocycles. The highest BCUT2D eigenvalue weighted by Gasteiger charge is 2.30. The van der Waals surface area contributed by atoms with E-state index in [0.29, 0.717) is 11.3 Å². The number of carbonyl (C=O) groups is 2. The van der Waals surface area contributed by atoms with Gasteiger partial charge in [0.1, 0.15) is 0 Å². The number of hydrogen-bond donors (Lipinski definition) is 1. The number of ether oxygens (including phenoxy) is 1. The molecule has 28 heavy (non-hydrogen) atoms. The monoisotopic (exact) mass is 412 g/mol. The highest BCUT2D eigenvalue weighted by Crippen LogP contribution is 2.30. The molecule has 4 rings (SSSR count). The van der Waals surface area contributed by atoms with Gasteiger partial charge in [0.2, 0.25) is 6.10 Å². The highest BCUT2D eigenvalue weighted by molar-refractivity contribution is 8.01. The summed E-state index contributed by atoms with van der Waals surface area (Å²) in [6.07, 6.45) is 1.29. The Bertz CT molecular complexity index is 937. The molecule has 0 bridgehead atoms. The molecule has 1 aliphatic carbocycles. The third-order valence-corrected chi connectivity index (χ3v) is 6.50. The van der Waals surface area contributed by atoms with Crippen LogP contribution in [0.1, 0.15) is 30.9 Å². The van der Waals surface area contributed by atoms with E-state index in [4.69, 9.17) is 4.74 Å². The quantitative estimate of drug-likeness (QED) is 0.440. The lowest BCUT2D eigenvalue weighted by atomic mass is 10.1. The zero-order chi connectivity index (χ0) is 19.3. The van der Waals surface area contributed by atoms with Crippen molar-refractivity contribution in [1.29, 1.82) is 0 Å². The Kier molecular flexibility index (Phi) is 5.92. The van der Waals surface area contributed by atoms with E-state index in [1.54, 1.807) is 23.5 Å². The zero-order valence-corrected chi connectivity index (χ0v) is 16.8. The van der Waals surface area contributed by atoms with Crippen LogP contribution in [-0.4, -0.2) is 28.7 Å². The van der Waals surface area contributed by atoms with Crippen LogP contribution in [0, 0.1) is 0 Å². The number of rotatable bonds is 8. The van der Waals surface area contributed by atoms with Crippen molar-refractivity contribution >= 4 is 45.2 Å². The predicted molar refractivity (Wildman–Crippen MR) is 111 cm³/mol. The van der Waals surface area contributed by atoms with Crippen LogP contribution >= 0.6 is 23.1 Å². The molecule has 5 nitrogen and oxygen atoms in total. The zero-order valence-electron chi connectivity index (χ0n) is 15.2. The van der Waals surface area contributed by atoms with Gasteiger partial charge in [0.05, 0.1) is 16.6 Å². The summed E-state index contributed by atoms with van der Waals surface area (Å²) in [4.78, 5) is 29.4. The Labute approximate surface area is 171 Å². The maximum absolute atomic E-state index is 12.5. The van der Waals surface area contributed by atoms with Crippen molar-refractivity contribution in [3.8, 4) is 0 Å². The van der Waals surface area contributed by atoms with Crippen molar-refractivity contribution in [3.05, 3.63) is 60.2 Å². The number of para-hydroxylation sites is 1. The molecule has 1 aliphatic rings. The molecular formula is C21H20N2O3S2. The van der Waals surface area contributed by atoms with E-state index in [9.17, 15) is 9.59 Å². The van der Waals surface area contributed by atoms with Crippen molar-refractivity contribution in [2.75, 3.05) is 5.75 Å². The number of nitrogens with one attached hydrogen (secondary N) is 1. The second-order valence-electron chi connectivity index (χ2n) is 6.61. The summed E-state index contributed by atoms with van der Waals surface area (Å²) in [7, 11) is 0. The first-order chi connectivity index (χ1) is 13.7.